The van der Waals surface area contributed by atoms with Crippen molar-refractivity contribution < 1.29 is 4.39 Å². The fourth-order valence-corrected chi connectivity index (χ4v) is 3.14. The smallest absolute Gasteiger partial charge is 0.203 e. The van der Waals surface area contributed by atoms with E-state index in [9.17, 15) is 4.39 Å². The van der Waals surface area contributed by atoms with Crippen molar-refractivity contribution in [1.82, 2.24) is 19.2 Å². The van der Waals surface area contributed by atoms with Crippen LogP contribution in [0.1, 0.15) is 11.1 Å². The van der Waals surface area contributed by atoms with Crippen LogP contribution in [0.25, 0.3) is 5.69 Å². The minimum Gasteiger partial charge on any atom is -0.283 e. The summed E-state index contributed by atoms with van der Waals surface area (Å²) in [6, 6.07) is 12.7. The lowest BCUT2D eigenvalue weighted by Crippen LogP contribution is -2.23. The summed E-state index contributed by atoms with van der Waals surface area (Å²) in [7, 11) is 1.87. The largest absolute Gasteiger partial charge is 0.283 e. The maximum absolute atomic E-state index is 13.9. The molecule has 0 saturated heterocycles. The average molecular weight is 377 g/mol. The molecule has 4 nitrogen and oxygen atoms in total. The predicted molar refractivity (Wildman–Crippen MR) is 100 cm³/mol. The first-order chi connectivity index (χ1) is 12.0. The minimum atomic E-state index is -0.312. The van der Waals surface area contributed by atoms with E-state index < -0.39 is 0 Å². The number of hydrogen-bond acceptors (Lipinski definition) is 3. The van der Waals surface area contributed by atoms with Crippen LogP contribution in [0.15, 0.2) is 48.8 Å². The van der Waals surface area contributed by atoms with E-state index in [1.807, 2.05) is 47.7 Å². The van der Waals surface area contributed by atoms with Crippen LogP contribution < -0.4 is 0 Å². The van der Waals surface area contributed by atoms with Gasteiger partial charge in [-0.05, 0) is 50.0 Å². The third-order valence-electron chi connectivity index (χ3n) is 3.97. The van der Waals surface area contributed by atoms with Crippen molar-refractivity contribution >= 4 is 23.8 Å². The summed E-state index contributed by atoms with van der Waals surface area (Å²) in [5.74, 6) is -0.312. The van der Waals surface area contributed by atoms with Gasteiger partial charge < -0.3 is 0 Å². The first-order valence-corrected chi connectivity index (χ1v) is 8.58. The molecule has 1 heterocycles. The second-order valence-electron chi connectivity index (χ2n) is 5.93. The molecule has 25 heavy (non-hydrogen) atoms. The van der Waals surface area contributed by atoms with Crippen LogP contribution in [-0.4, -0.2) is 26.3 Å². The zero-order valence-corrected chi connectivity index (χ0v) is 15.6. The molecule has 0 saturated carbocycles. The van der Waals surface area contributed by atoms with Crippen LogP contribution in [-0.2, 0) is 13.2 Å². The number of rotatable bonds is 5. The normalized spacial score (nSPS) is 11.2. The topological polar surface area (TPSA) is 26.0 Å². The summed E-state index contributed by atoms with van der Waals surface area (Å²) in [4.78, 5) is 1.91. The summed E-state index contributed by atoms with van der Waals surface area (Å²) < 4.78 is 18.1. The molecular formula is C18H18ClFN4S. The zero-order valence-electron chi connectivity index (χ0n) is 14.0. The van der Waals surface area contributed by atoms with Crippen molar-refractivity contribution in [3.63, 3.8) is 0 Å². The summed E-state index contributed by atoms with van der Waals surface area (Å²) in [5.41, 5.74) is 2.58. The van der Waals surface area contributed by atoms with Gasteiger partial charge in [0, 0.05) is 17.1 Å². The van der Waals surface area contributed by atoms with Gasteiger partial charge in [0.05, 0.1) is 12.4 Å². The Morgan fingerprint density at radius 1 is 1.20 bits per heavy atom. The van der Waals surface area contributed by atoms with Gasteiger partial charge in [0.2, 0.25) is 4.77 Å². The van der Waals surface area contributed by atoms with Crippen molar-refractivity contribution in [2.75, 3.05) is 7.05 Å². The molecule has 0 atom stereocenters. The van der Waals surface area contributed by atoms with Gasteiger partial charge in [0.25, 0.3) is 0 Å². The highest BCUT2D eigenvalue weighted by Crippen LogP contribution is 2.20. The fraction of sp³-hybridized carbons (Fsp3) is 0.222. The molecule has 0 aliphatic heterocycles. The van der Waals surface area contributed by atoms with Crippen LogP contribution >= 0.6 is 23.8 Å². The Labute approximate surface area is 156 Å². The lowest BCUT2D eigenvalue weighted by atomic mass is 10.2. The Balaban J connectivity index is 1.80. The first kappa shape index (κ1) is 17.8. The molecule has 7 heteroatoms. The van der Waals surface area contributed by atoms with Gasteiger partial charge in [0.15, 0.2) is 0 Å². The fourth-order valence-electron chi connectivity index (χ4n) is 2.67. The first-order valence-electron chi connectivity index (χ1n) is 7.79. The molecule has 0 N–H and O–H groups in total. The van der Waals surface area contributed by atoms with Gasteiger partial charge in [-0.1, -0.05) is 35.9 Å². The zero-order chi connectivity index (χ0) is 18.0. The Morgan fingerprint density at radius 3 is 2.68 bits per heavy atom. The van der Waals surface area contributed by atoms with Crippen LogP contribution in [0.2, 0.25) is 5.02 Å². The molecule has 0 radical (unpaired) electrons. The SMILES string of the molecule is Cc1ccccc1-n1cnn(CN(C)Cc2c(F)cccc2Cl)c1=S. The third-order valence-corrected chi connectivity index (χ3v) is 4.74. The van der Waals surface area contributed by atoms with Crippen LogP contribution in [0.3, 0.4) is 0 Å². The van der Waals surface area contributed by atoms with E-state index in [0.29, 0.717) is 28.6 Å². The number of aromatic nitrogens is 3. The van der Waals surface area contributed by atoms with E-state index in [1.165, 1.54) is 6.07 Å². The number of para-hydroxylation sites is 1. The van der Waals surface area contributed by atoms with Crippen molar-refractivity contribution in [3.8, 4) is 5.69 Å². The van der Waals surface area contributed by atoms with E-state index in [-0.39, 0.29) is 5.82 Å². The second-order valence-corrected chi connectivity index (χ2v) is 6.70. The predicted octanol–water partition coefficient (Wildman–Crippen LogP) is 4.59. The highest BCUT2D eigenvalue weighted by atomic mass is 35.5. The summed E-state index contributed by atoms with van der Waals surface area (Å²) in [5, 5.41) is 4.78. The number of halogens is 2. The summed E-state index contributed by atoms with van der Waals surface area (Å²) in [6.07, 6.45) is 1.70. The number of hydrogen-bond donors (Lipinski definition) is 0. The van der Waals surface area contributed by atoms with E-state index in [0.717, 1.165) is 11.3 Å². The van der Waals surface area contributed by atoms with Gasteiger partial charge in [-0.25, -0.2) is 9.07 Å². The third kappa shape index (κ3) is 3.81. The highest BCUT2D eigenvalue weighted by Gasteiger charge is 2.12. The van der Waals surface area contributed by atoms with Crippen molar-refractivity contribution in [1.29, 1.82) is 0 Å². The van der Waals surface area contributed by atoms with E-state index in [4.69, 9.17) is 23.8 Å². The Kier molecular flexibility index (Phi) is 5.32. The summed E-state index contributed by atoms with van der Waals surface area (Å²) >= 11 is 11.6. The Morgan fingerprint density at radius 2 is 1.96 bits per heavy atom. The van der Waals surface area contributed by atoms with Gasteiger partial charge in [-0.3, -0.25) is 9.47 Å². The van der Waals surface area contributed by atoms with E-state index in [1.54, 1.807) is 23.1 Å². The lowest BCUT2D eigenvalue weighted by molar-refractivity contribution is 0.241. The van der Waals surface area contributed by atoms with Gasteiger partial charge in [0.1, 0.15) is 12.1 Å². The lowest BCUT2D eigenvalue weighted by Gasteiger charge is -2.17. The molecule has 2 aromatic carbocycles. The maximum Gasteiger partial charge on any atom is 0.203 e. The molecular weight excluding hydrogens is 359 g/mol. The van der Waals surface area contributed by atoms with Crippen molar-refractivity contribution in [3.05, 3.63) is 75.5 Å². The van der Waals surface area contributed by atoms with Gasteiger partial charge >= 0.3 is 0 Å². The molecule has 0 bridgehead atoms. The maximum atomic E-state index is 13.9. The number of nitrogens with zero attached hydrogens (tertiary/aromatic N) is 4. The quantitative estimate of drug-likeness (QED) is 0.609. The van der Waals surface area contributed by atoms with Crippen molar-refractivity contribution in [2.45, 2.75) is 20.1 Å². The molecule has 130 valence electrons. The molecule has 0 amide bonds. The van der Waals surface area contributed by atoms with Crippen LogP contribution in [0.4, 0.5) is 4.39 Å². The Bertz CT molecular complexity index is 930. The molecule has 0 aliphatic rings. The molecule has 0 fully saturated rings. The average Bonchev–Trinajstić information content (AvgIpc) is 2.92. The highest BCUT2D eigenvalue weighted by molar-refractivity contribution is 7.71. The Hall–Kier alpha value is -2.02. The molecule has 0 spiro atoms. The molecule has 3 rings (SSSR count). The van der Waals surface area contributed by atoms with Crippen molar-refractivity contribution in [2.24, 2.45) is 0 Å². The molecule has 0 aliphatic carbocycles. The number of aryl methyl sites for hydroxylation is 1. The van der Waals surface area contributed by atoms with Gasteiger partial charge in [-0.15, -0.1) is 0 Å². The monoisotopic (exact) mass is 376 g/mol. The van der Waals surface area contributed by atoms with E-state index >= 15 is 0 Å². The minimum absolute atomic E-state index is 0.312. The number of benzene rings is 2. The van der Waals surface area contributed by atoms with Crippen LogP contribution in [0.5, 0.6) is 0 Å². The molecule has 0 unspecified atom stereocenters. The molecule has 3 aromatic rings. The van der Waals surface area contributed by atoms with Gasteiger partial charge in [-0.2, -0.15) is 5.10 Å². The standard InChI is InChI=1S/C18H18ClFN4S/c1-13-6-3-4-9-17(13)23-11-21-24(18(23)25)12-22(2)10-14-15(19)7-5-8-16(14)20/h3-9,11H,10,12H2,1-2H3. The summed E-state index contributed by atoms with van der Waals surface area (Å²) in [6.45, 7) is 2.83. The van der Waals surface area contributed by atoms with Crippen LogP contribution in [0, 0.1) is 17.5 Å². The molecule has 1 aromatic heterocycles. The second kappa shape index (κ2) is 7.47. The van der Waals surface area contributed by atoms with E-state index in [2.05, 4.69) is 5.10 Å².